The molecule has 1 aliphatic carbocycles. The lowest BCUT2D eigenvalue weighted by Gasteiger charge is -1.31. The zero-order chi connectivity index (χ0) is 5.44. The Morgan fingerprint density at radius 2 is 1.57 bits per heavy atom. The summed E-state index contributed by atoms with van der Waals surface area (Å²) in [4.78, 5) is 29.0. The van der Waals surface area contributed by atoms with Gasteiger partial charge < -0.3 is 0 Å². The zero-order valence-corrected chi connectivity index (χ0v) is 3.22. The number of carbonyl (C=O) groups excluding carboxylic acids is 3. The molecule has 0 bridgehead atoms. The fraction of sp³-hybridized carbons (Fsp3) is 0. The summed E-state index contributed by atoms with van der Waals surface area (Å²) in [5.41, 5.74) is -0.319. The second-order valence-electron chi connectivity index (χ2n) is 1.14. The fourth-order valence-electron chi connectivity index (χ4n) is 0.247. The van der Waals surface area contributed by atoms with E-state index in [1.807, 2.05) is 0 Å². The Labute approximate surface area is 38.6 Å². The van der Waals surface area contributed by atoms with Crippen LogP contribution in [0.3, 0.4) is 0 Å². The normalized spacial score (nSPS) is 16.9. The highest BCUT2D eigenvalue weighted by Crippen LogP contribution is 2.11. The van der Waals surface area contributed by atoms with Crippen molar-refractivity contribution in [2.75, 3.05) is 0 Å². The number of hydrogen-bond acceptors (Lipinski definition) is 3. The lowest BCUT2D eigenvalue weighted by atomic mass is 10.7. The Morgan fingerprint density at radius 1 is 1.14 bits per heavy atom. The molecular weight excluding hydrogens is 96.0 g/mol. The molecule has 0 aromatic carbocycles. The zero-order valence-electron chi connectivity index (χ0n) is 3.22. The number of carbonyl (C=O) groups is 2. The van der Waals surface area contributed by atoms with Gasteiger partial charge in [0.15, 0.2) is 5.57 Å². The second kappa shape index (κ2) is 0.891. The Balaban J connectivity index is 3.14. The fourth-order valence-corrected chi connectivity index (χ4v) is 0.247. The summed E-state index contributed by atoms with van der Waals surface area (Å²) in [7, 11) is 0. The van der Waals surface area contributed by atoms with Crippen molar-refractivity contribution in [3.63, 3.8) is 0 Å². The maximum Gasteiger partial charge on any atom is 0.249 e. The highest BCUT2D eigenvalue weighted by Gasteiger charge is 2.42. The molecule has 0 aliphatic heterocycles. The minimum Gasteiger partial charge on any atom is -0.284 e. The molecule has 1 aliphatic rings. The van der Waals surface area contributed by atoms with Crippen LogP contribution >= 0.6 is 0 Å². The van der Waals surface area contributed by atoms with E-state index in [0.29, 0.717) is 0 Å². The van der Waals surface area contributed by atoms with Crippen molar-refractivity contribution in [3.8, 4) is 0 Å². The van der Waals surface area contributed by atoms with E-state index in [2.05, 4.69) is 0 Å². The largest absolute Gasteiger partial charge is 0.284 e. The average Bonchev–Trinajstić information content (AvgIpc) is 2.17. The summed E-state index contributed by atoms with van der Waals surface area (Å²) in [5, 5.41) is 0. The van der Waals surface area contributed by atoms with Gasteiger partial charge in [0.25, 0.3) is 0 Å². The SMILES string of the molecule is O=C=C1C(=O)C1=O. The van der Waals surface area contributed by atoms with Crippen LogP contribution in [0.2, 0.25) is 0 Å². The Hall–Kier alpha value is -1.21. The van der Waals surface area contributed by atoms with Crippen LogP contribution in [0.4, 0.5) is 0 Å². The lowest BCUT2D eigenvalue weighted by molar-refractivity contribution is -0.122. The third kappa shape index (κ3) is 0.320. The van der Waals surface area contributed by atoms with Gasteiger partial charge in [0.1, 0.15) is 5.94 Å². The first-order valence-corrected chi connectivity index (χ1v) is 1.61. The molecule has 0 N–H and O–H groups in total. The summed E-state index contributed by atoms with van der Waals surface area (Å²) < 4.78 is 0. The minimum atomic E-state index is -0.685. The lowest BCUT2D eigenvalue weighted by Crippen LogP contribution is -1.62. The predicted molar refractivity (Wildman–Crippen MR) is 19.2 cm³/mol. The average molecular weight is 96.0 g/mol. The van der Waals surface area contributed by atoms with Crippen LogP contribution in [0, 0.1) is 0 Å². The Morgan fingerprint density at radius 3 is 1.57 bits per heavy atom. The van der Waals surface area contributed by atoms with Crippen LogP contribution in [-0.4, -0.2) is 17.5 Å². The van der Waals surface area contributed by atoms with E-state index in [1.165, 1.54) is 5.94 Å². The summed E-state index contributed by atoms with van der Waals surface area (Å²) in [6.07, 6.45) is 0. The van der Waals surface area contributed by atoms with E-state index in [-0.39, 0.29) is 5.57 Å². The maximum atomic E-state index is 9.80. The van der Waals surface area contributed by atoms with Crippen molar-refractivity contribution in [2.24, 2.45) is 0 Å². The molecule has 3 heteroatoms. The molecule has 34 valence electrons. The first-order valence-electron chi connectivity index (χ1n) is 1.61. The summed E-state index contributed by atoms with van der Waals surface area (Å²) >= 11 is 0. The molecule has 3 nitrogen and oxygen atoms in total. The van der Waals surface area contributed by atoms with E-state index >= 15 is 0 Å². The smallest absolute Gasteiger partial charge is 0.249 e. The van der Waals surface area contributed by atoms with Gasteiger partial charge in [-0.2, -0.15) is 0 Å². The molecule has 0 unspecified atom stereocenters. The van der Waals surface area contributed by atoms with Gasteiger partial charge in [-0.3, -0.25) is 9.59 Å². The van der Waals surface area contributed by atoms with E-state index in [4.69, 9.17) is 0 Å². The van der Waals surface area contributed by atoms with E-state index in [9.17, 15) is 14.4 Å². The molecule has 0 aromatic heterocycles. The van der Waals surface area contributed by atoms with Crippen LogP contribution in [0.25, 0.3) is 0 Å². The molecule has 1 rings (SSSR count). The third-order valence-corrected chi connectivity index (χ3v) is 0.700. The van der Waals surface area contributed by atoms with Crippen LogP contribution in [0.15, 0.2) is 5.57 Å². The van der Waals surface area contributed by atoms with Gasteiger partial charge in [-0.15, -0.1) is 0 Å². The molecule has 0 saturated heterocycles. The highest BCUT2D eigenvalue weighted by atomic mass is 16.2. The van der Waals surface area contributed by atoms with Gasteiger partial charge in [0.2, 0.25) is 11.6 Å². The number of ketones is 2. The van der Waals surface area contributed by atoms with Crippen LogP contribution < -0.4 is 0 Å². The van der Waals surface area contributed by atoms with Gasteiger partial charge in [-0.05, 0) is 0 Å². The van der Waals surface area contributed by atoms with Crippen molar-refractivity contribution in [3.05, 3.63) is 5.57 Å². The van der Waals surface area contributed by atoms with Gasteiger partial charge in [-0.1, -0.05) is 0 Å². The Kier molecular flexibility index (Phi) is 0.504. The first-order chi connectivity index (χ1) is 3.27. The highest BCUT2D eigenvalue weighted by molar-refractivity contribution is 6.76. The maximum absolute atomic E-state index is 9.80. The molecule has 0 radical (unpaired) electrons. The summed E-state index contributed by atoms with van der Waals surface area (Å²) in [6.45, 7) is 0. The van der Waals surface area contributed by atoms with E-state index < -0.39 is 11.6 Å². The minimum absolute atomic E-state index is 0.319. The van der Waals surface area contributed by atoms with Crippen molar-refractivity contribution in [1.29, 1.82) is 0 Å². The third-order valence-electron chi connectivity index (χ3n) is 0.700. The van der Waals surface area contributed by atoms with Gasteiger partial charge in [0.05, 0.1) is 0 Å². The van der Waals surface area contributed by atoms with Gasteiger partial charge in [0, 0.05) is 0 Å². The molecule has 0 atom stereocenters. The molecule has 0 spiro atoms. The van der Waals surface area contributed by atoms with Crippen molar-refractivity contribution in [1.82, 2.24) is 0 Å². The van der Waals surface area contributed by atoms with Crippen molar-refractivity contribution in [2.45, 2.75) is 0 Å². The van der Waals surface area contributed by atoms with Crippen LogP contribution in [-0.2, 0) is 14.4 Å². The molecule has 0 aromatic rings. The predicted octanol–water partition coefficient (Wildman–Crippen LogP) is -1.10. The topological polar surface area (TPSA) is 51.2 Å². The molecule has 1 fully saturated rings. The van der Waals surface area contributed by atoms with Gasteiger partial charge >= 0.3 is 0 Å². The quantitative estimate of drug-likeness (QED) is 0.166. The monoisotopic (exact) mass is 96.0 g/mol. The van der Waals surface area contributed by atoms with Gasteiger partial charge in [-0.25, -0.2) is 4.79 Å². The number of allylic oxidation sites excluding steroid dienone is 1. The standard InChI is InChI=1S/C4O3/c5-1-2-3(6)4(2)7. The molecular formula is C4O3. The second-order valence-corrected chi connectivity index (χ2v) is 1.14. The van der Waals surface area contributed by atoms with Crippen molar-refractivity contribution >= 4 is 17.5 Å². The molecule has 1 saturated carbocycles. The van der Waals surface area contributed by atoms with Crippen molar-refractivity contribution < 1.29 is 14.4 Å². The van der Waals surface area contributed by atoms with E-state index in [1.54, 1.807) is 0 Å². The number of rotatable bonds is 0. The van der Waals surface area contributed by atoms with E-state index in [0.717, 1.165) is 0 Å². The van der Waals surface area contributed by atoms with Crippen LogP contribution in [0.5, 0.6) is 0 Å². The number of hydrogen-bond donors (Lipinski definition) is 0. The first kappa shape index (κ1) is 3.96. The molecule has 0 amide bonds. The summed E-state index contributed by atoms with van der Waals surface area (Å²) in [6, 6.07) is 0. The summed E-state index contributed by atoms with van der Waals surface area (Å²) in [5.74, 6) is -0.164. The molecule has 0 heterocycles. The Bertz CT molecular complexity index is 179. The van der Waals surface area contributed by atoms with Crippen LogP contribution in [0.1, 0.15) is 0 Å². The number of Topliss-reactive ketones (excluding diaryl/α,β-unsaturated/α-hetero) is 2. The molecule has 7 heavy (non-hydrogen) atoms.